The zero-order chi connectivity index (χ0) is 14.4. The predicted octanol–water partition coefficient (Wildman–Crippen LogP) is 2.10. The molecule has 0 aliphatic carbocycles. The predicted molar refractivity (Wildman–Crippen MR) is 75.6 cm³/mol. The Morgan fingerprint density at radius 2 is 2.16 bits per heavy atom. The Morgan fingerprint density at radius 3 is 2.68 bits per heavy atom. The molecule has 1 unspecified atom stereocenters. The Bertz CT molecular complexity index is 429. The zero-order valence-electron chi connectivity index (χ0n) is 12.1. The molecule has 0 saturated heterocycles. The first kappa shape index (κ1) is 15.7. The Labute approximate surface area is 115 Å². The van der Waals surface area contributed by atoms with Gasteiger partial charge in [0.2, 0.25) is 0 Å². The molecule has 0 bridgehead atoms. The topological polar surface area (TPSA) is 49.8 Å². The van der Waals surface area contributed by atoms with E-state index in [2.05, 4.69) is 0 Å². The molecule has 0 radical (unpaired) electrons. The monoisotopic (exact) mass is 265 g/mol. The molecule has 1 N–H and O–H groups in total. The van der Waals surface area contributed by atoms with Gasteiger partial charge in [0.15, 0.2) is 5.78 Å². The van der Waals surface area contributed by atoms with E-state index in [1.165, 1.54) is 0 Å². The van der Waals surface area contributed by atoms with E-state index < -0.39 is 0 Å². The number of aliphatic hydroxyl groups is 1. The van der Waals surface area contributed by atoms with Crippen LogP contribution in [0.4, 0.5) is 0 Å². The van der Waals surface area contributed by atoms with Gasteiger partial charge in [-0.3, -0.25) is 9.69 Å². The van der Waals surface area contributed by atoms with Crippen molar-refractivity contribution in [3.63, 3.8) is 0 Å². The summed E-state index contributed by atoms with van der Waals surface area (Å²) in [7, 11) is 1.93. The third-order valence-electron chi connectivity index (χ3n) is 2.78. The molecule has 0 spiro atoms. The smallest absolute Gasteiger partial charge is 0.159 e. The van der Waals surface area contributed by atoms with Gasteiger partial charge in [0.25, 0.3) is 0 Å². The number of ketones is 1. The number of hydrogen-bond acceptors (Lipinski definition) is 4. The molecule has 0 aliphatic rings. The fourth-order valence-corrected chi connectivity index (χ4v) is 2.02. The zero-order valence-corrected chi connectivity index (χ0v) is 12.1. The van der Waals surface area contributed by atoms with Crippen molar-refractivity contribution in [1.82, 2.24) is 4.90 Å². The number of rotatable bonds is 7. The number of benzene rings is 1. The quantitative estimate of drug-likeness (QED) is 0.767. The number of likely N-dealkylation sites (N-methyl/N-ethyl adjacent to an activating group) is 1. The van der Waals surface area contributed by atoms with Gasteiger partial charge in [-0.15, -0.1) is 0 Å². The highest BCUT2D eigenvalue weighted by Crippen LogP contribution is 2.22. The van der Waals surface area contributed by atoms with Gasteiger partial charge >= 0.3 is 0 Å². The summed E-state index contributed by atoms with van der Waals surface area (Å²) in [5.41, 5.74) is 1.65. The van der Waals surface area contributed by atoms with Gasteiger partial charge in [-0.1, -0.05) is 0 Å². The Hall–Kier alpha value is -1.39. The number of nitrogens with zero attached hydrogens (tertiary/aromatic N) is 1. The molecule has 0 fully saturated rings. The average molecular weight is 265 g/mol. The summed E-state index contributed by atoms with van der Waals surface area (Å²) in [5, 5.41) is 9.39. The molecule has 0 heterocycles. The molecular formula is C15H23NO3. The second kappa shape index (κ2) is 7.26. The number of hydrogen-bond donors (Lipinski definition) is 1. The van der Waals surface area contributed by atoms with Crippen molar-refractivity contribution in [3.8, 4) is 5.75 Å². The SMILES string of the molecule is CCOc1ccc(C(C)=O)cc1CN(C)CC(C)O. The molecule has 1 aromatic carbocycles. The Morgan fingerprint density at radius 1 is 1.47 bits per heavy atom. The minimum Gasteiger partial charge on any atom is -0.494 e. The van der Waals surface area contributed by atoms with E-state index in [-0.39, 0.29) is 11.9 Å². The maximum absolute atomic E-state index is 11.4. The van der Waals surface area contributed by atoms with Gasteiger partial charge in [0, 0.05) is 24.2 Å². The Kier molecular flexibility index (Phi) is 5.99. The summed E-state index contributed by atoms with van der Waals surface area (Å²) in [5.74, 6) is 0.840. The van der Waals surface area contributed by atoms with Gasteiger partial charge in [0.05, 0.1) is 12.7 Å². The molecule has 0 amide bonds. The van der Waals surface area contributed by atoms with Gasteiger partial charge in [-0.2, -0.15) is 0 Å². The molecule has 4 heteroatoms. The normalized spacial score (nSPS) is 12.5. The van der Waals surface area contributed by atoms with Crippen LogP contribution in [0.2, 0.25) is 0 Å². The number of Topliss-reactive ketones (excluding diaryl/α,β-unsaturated/α-hetero) is 1. The average Bonchev–Trinajstić information content (AvgIpc) is 2.30. The van der Waals surface area contributed by atoms with Crippen molar-refractivity contribution in [2.24, 2.45) is 0 Å². The Balaban J connectivity index is 2.93. The van der Waals surface area contributed by atoms with Crippen LogP contribution in [-0.4, -0.2) is 42.1 Å². The maximum Gasteiger partial charge on any atom is 0.159 e. The van der Waals surface area contributed by atoms with Crippen LogP contribution in [0.25, 0.3) is 0 Å². The van der Waals surface area contributed by atoms with Gasteiger partial charge in [0.1, 0.15) is 5.75 Å². The first-order valence-electron chi connectivity index (χ1n) is 6.57. The van der Waals surface area contributed by atoms with Crippen LogP contribution >= 0.6 is 0 Å². The molecule has 0 aromatic heterocycles. The van der Waals surface area contributed by atoms with Crippen molar-refractivity contribution >= 4 is 5.78 Å². The summed E-state index contributed by atoms with van der Waals surface area (Å²) in [6, 6.07) is 5.49. The van der Waals surface area contributed by atoms with Crippen LogP contribution < -0.4 is 4.74 Å². The van der Waals surface area contributed by atoms with Crippen LogP contribution in [0.3, 0.4) is 0 Å². The van der Waals surface area contributed by atoms with E-state index in [9.17, 15) is 9.90 Å². The van der Waals surface area contributed by atoms with Crippen LogP contribution in [0.5, 0.6) is 5.75 Å². The number of aliphatic hydroxyl groups excluding tert-OH is 1. The van der Waals surface area contributed by atoms with Crippen molar-refractivity contribution in [2.45, 2.75) is 33.4 Å². The van der Waals surface area contributed by atoms with Gasteiger partial charge in [-0.05, 0) is 46.0 Å². The van der Waals surface area contributed by atoms with Crippen molar-refractivity contribution in [2.75, 3.05) is 20.2 Å². The highest BCUT2D eigenvalue weighted by Gasteiger charge is 2.11. The van der Waals surface area contributed by atoms with E-state index in [0.29, 0.717) is 25.3 Å². The number of carbonyl (C=O) groups is 1. The molecule has 1 atom stereocenters. The molecule has 19 heavy (non-hydrogen) atoms. The van der Waals surface area contributed by atoms with E-state index in [1.807, 2.05) is 31.0 Å². The lowest BCUT2D eigenvalue weighted by atomic mass is 10.1. The lowest BCUT2D eigenvalue weighted by molar-refractivity contribution is 0.101. The highest BCUT2D eigenvalue weighted by atomic mass is 16.5. The highest BCUT2D eigenvalue weighted by molar-refractivity contribution is 5.94. The first-order chi connectivity index (χ1) is 8.93. The molecular weight excluding hydrogens is 242 g/mol. The van der Waals surface area contributed by atoms with Crippen molar-refractivity contribution in [1.29, 1.82) is 0 Å². The lowest BCUT2D eigenvalue weighted by Crippen LogP contribution is -2.27. The van der Waals surface area contributed by atoms with Crippen LogP contribution in [0.15, 0.2) is 18.2 Å². The van der Waals surface area contributed by atoms with E-state index in [4.69, 9.17) is 4.74 Å². The lowest BCUT2D eigenvalue weighted by Gasteiger charge is -2.20. The van der Waals surface area contributed by atoms with Crippen molar-refractivity contribution < 1.29 is 14.6 Å². The maximum atomic E-state index is 11.4. The summed E-state index contributed by atoms with van der Waals surface area (Å²) in [6.45, 7) is 7.05. The van der Waals surface area contributed by atoms with Crippen molar-refractivity contribution in [3.05, 3.63) is 29.3 Å². The minimum atomic E-state index is -0.378. The fraction of sp³-hybridized carbons (Fsp3) is 0.533. The molecule has 4 nitrogen and oxygen atoms in total. The summed E-state index contributed by atoms with van der Waals surface area (Å²) >= 11 is 0. The summed E-state index contributed by atoms with van der Waals surface area (Å²) in [6.07, 6.45) is -0.378. The number of carbonyl (C=O) groups excluding carboxylic acids is 1. The molecule has 106 valence electrons. The third-order valence-corrected chi connectivity index (χ3v) is 2.78. The largest absolute Gasteiger partial charge is 0.494 e. The second-order valence-electron chi connectivity index (χ2n) is 4.86. The molecule has 0 aliphatic heterocycles. The standard InChI is InChI=1S/C15H23NO3/c1-5-19-15-7-6-13(12(3)18)8-14(15)10-16(4)9-11(2)17/h6-8,11,17H,5,9-10H2,1-4H3. The first-order valence-corrected chi connectivity index (χ1v) is 6.57. The van der Waals surface area contributed by atoms with Crippen LogP contribution in [0.1, 0.15) is 36.7 Å². The van der Waals surface area contributed by atoms with E-state index in [1.54, 1.807) is 19.9 Å². The molecule has 1 aromatic rings. The fourth-order valence-electron chi connectivity index (χ4n) is 2.02. The molecule has 1 rings (SSSR count). The summed E-state index contributed by atoms with van der Waals surface area (Å²) in [4.78, 5) is 13.4. The van der Waals surface area contributed by atoms with Gasteiger partial charge < -0.3 is 9.84 Å². The van der Waals surface area contributed by atoms with Gasteiger partial charge in [-0.25, -0.2) is 0 Å². The second-order valence-corrected chi connectivity index (χ2v) is 4.86. The third kappa shape index (κ3) is 5.01. The van der Waals surface area contributed by atoms with E-state index >= 15 is 0 Å². The summed E-state index contributed by atoms with van der Waals surface area (Å²) < 4.78 is 5.58. The minimum absolute atomic E-state index is 0.0440. The van der Waals surface area contributed by atoms with Crippen LogP contribution in [0, 0.1) is 0 Å². The molecule has 0 saturated carbocycles. The van der Waals surface area contributed by atoms with E-state index in [0.717, 1.165) is 11.3 Å². The number of ether oxygens (including phenoxy) is 1. The van der Waals surface area contributed by atoms with Crippen LogP contribution in [-0.2, 0) is 6.54 Å².